The molecule has 1 aliphatic carbocycles. The van der Waals surface area contributed by atoms with Crippen LogP contribution in [0.1, 0.15) is 24.8 Å². The zero-order chi connectivity index (χ0) is 13.4. The van der Waals surface area contributed by atoms with Crippen molar-refractivity contribution in [2.24, 2.45) is 0 Å². The summed E-state index contributed by atoms with van der Waals surface area (Å²) in [6.45, 7) is 0. The lowest BCUT2D eigenvalue weighted by atomic mass is 9.83. The minimum absolute atomic E-state index is 0.222. The van der Waals surface area contributed by atoms with Crippen molar-refractivity contribution in [2.45, 2.75) is 41.0 Å². The van der Waals surface area contributed by atoms with Gasteiger partial charge in [0.1, 0.15) is 0 Å². The van der Waals surface area contributed by atoms with Crippen LogP contribution in [-0.4, -0.2) is 11.3 Å². The highest BCUT2D eigenvalue weighted by atomic mass is 32.2. The van der Waals surface area contributed by atoms with Crippen molar-refractivity contribution in [3.8, 4) is 0 Å². The van der Waals surface area contributed by atoms with Crippen LogP contribution < -0.4 is 5.32 Å². The molecule has 2 fully saturated rings. The molecule has 1 saturated heterocycles. The van der Waals surface area contributed by atoms with E-state index >= 15 is 0 Å². The molecule has 1 heterocycles. The Hall–Kier alpha value is -1.25. The molecular formula is C18H19NS. The zero-order valence-electron chi connectivity index (χ0n) is 11.5. The normalized spacial score (nSPS) is 31.6. The minimum atomic E-state index is 0.222. The molecule has 3 unspecified atom stereocenters. The van der Waals surface area contributed by atoms with Crippen LogP contribution in [0, 0.1) is 0 Å². The standard InChI is InChI=1S/C18H19NS/c1-3-8-14(9-4-1)18-16(19-18)12-7-13-17(18)20-15-10-5-2-6-11-15/h1-6,8-11,16-17,19H,7,12-13H2. The molecule has 1 nitrogen and oxygen atoms in total. The maximum Gasteiger partial charge on any atom is 0.0716 e. The van der Waals surface area contributed by atoms with Crippen molar-refractivity contribution < 1.29 is 0 Å². The van der Waals surface area contributed by atoms with E-state index < -0.39 is 0 Å². The lowest BCUT2D eigenvalue weighted by Gasteiger charge is -2.30. The SMILES string of the molecule is c1ccc(SC2CCCC3NC32c2ccccc2)cc1. The lowest BCUT2D eigenvalue weighted by Crippen LogP contribution is -2.32. The average molecular weight is 281 g/mol. The smallest absolute Gasteiger partial charge is 0.0716 e. The van der Waals surface area contributed by atoms with E-state index in [4.69, 9.17) is 0 Å². The third-order valence-corrected chi connectivity index (χ3v) is 6.06. The van der Waals surface area contributed by atoms with Gasteiger partial charge in [-0.3, -0.25) is 0 Å². The van der Waals surface area contributed by atoms with Crippen LogP contribution in [0.2, 0.25) is 0 Å². The number of rotatable bonds is 3. The van der Waals surface area contributed by atoms with E-state index in [1.807, 2.05) is 11.8 Å². The Morgan fingerprint density at radius 1 is 0.900 bits per heavy atom. The number of fused-ring (bicyclic) bond motifs is 1. The van der Waals surface area contributed by atoms with E-state index in [0.29, 0.717) is 11.3 Å². The van der Waals surface area contributed by atoms with Gasteiger partial charge in [-0.05, 0) is 30.5 Å². The highest BCUT2D eigenvalue weighted by molar-refractivity contribution is 8.00. The second-order valence-corrected chi connectivity index (χ2v) is 7.06. The molecule has 2 aliphatic rings. The van der Waals surface area contributed by atoms with Crippen LogP contribution in [0.25, 0.3) is 0 Å². The Morgan fingerprint density at radius 3 is 2.35 bits per heavy atom. The third-order valence-electron chi connectivity index (χ3n) is 4.62. The fourth-order valence-electron chi connectivity index (χ4n) is 3.60. The van der Waals surface area contributed by atoms with Gasteiger partial charge in [-0.15, -0.1) is 11.8 Å². The summed E-state index contributed by atoms with van der Waals surface area (Å²) in [5.41, 5.74) is 1.69. The summed E-state index contributed by atoms with van der Waals surface area (Å²) < 4.78 is 0. The predicted octanol–water partition coefficient (Wildman–Crippen LogP) is 4.20. The second-order valence-electron chi connectivity index (χ2n) is 5.78. The maximum atomic E-state index is 3.81. The monoisotopic (exact) mass is 281 g/mol. The van der Waals surface area contributed by atoms with Gasteiger partial charge in [0.05, 0.1) is 5.54 Å². The summed E-state index contributed by atoms with van der Waals surface area (Å²) in [6, 6.07) is 22.5. The Kier molecular flexibility index (Phi) is 3.08. The Balaban J connectivity index is 1.65. The van der Waals surface area contributed by atoms with E-state index in [9.17, 15) is 0 Å². The lowest BCUT2D eigenvalue weighted by molar-refractivity contribution is 0.480. The molecule has 3 atom stereocenters. The molecule has 0 aromatic heterocycles. The van der Waals surface area contributed by atoms with Crippen LogP contribution in [0.4, 0.5) is 0 Å². The summed E-state index contributed by atoms with van der Waals surface area (Å²) >= 11 is 2.05. The van der Waals surface area contributed by atoms with E-state index in [0.717, 1.165) is 0 Å². The minimum Gasteiger partial charge on any atom is -0.300 e. The molecule has 0 spiro atoms. The van der Waals surface area contributed by atoms with Crippen molar-refractivity contribution in [3.63, 3.8) is 0 Å². The molecule has 0 bridgehead atoms. The first-order chi connectivity index (χ1) is 9.89. The van der Waals surface area contributed by atoms with E-state index in [1.165, 1.54) is 29.7 Å². The highest BCUT2D eigenvalue weighted by Gasteiger charge is 2.61. The molecule has 102 valence electrons. The number of hydrogen-bond donors (Lipinski definition) is 1. The third kappa shape index (κ3) is 1.99. The number of hydrogen-bond acceptors (Lipinski definition) is 2. The first kappa shape index (κ1) is 12.5. The number of benzene rings is 2. The summed E-state index contributed by atoms with van der Waals surface area (Å²) in [7, 11) is 0. The molecular weight excluding hydrogens is 262 g/mol. The van der Waals surface area contributed by atoms with Crippen molar-refractivity contribution in [3.05, 3.63) is 66.2 Å². The van der Waals surface area contributed by atoms with Gasteiger partial charge >= 0.3 is 0 Å². The second kappa shape index (κ2) is 4.94. The largest absolute Gasteiger partial charge is 0.300 e. The number of thioether (sulfide) groups is 1. The van der Waals surface area contributed by atoms with Gasteiger partial charge in [0.25, 0.3) is 0 Å². The zero-order valence-corrected chi connectivity index (χ0v) is 12.3. The molecule has 4 rings (SSSR count). The van der Waals surface area contributed by atoms with Crippen LogP contribution in [0.5, 0.6) is 0 Å². The molecule has 2 aromatic carbocycles. The molecule has 2 heteroatoms. The summed E-state index contributed by atoms with van der Waals surface area (Å²) in [5, 5.41) is 4.45. The summed E-state index contributed by atoms with van der Waals surface area (Å²) in [4.78, 5) is 1.39. The summed E-state index contributed by atoms with van der Waals surface area (Å²) in [6.07, 6.45) is 3.97. The molecule has 1 N–H and O–H groups in total. The molecule has 1 aliphatic heterocycles. The first-order valence-corrected chi connectivity index (χ1v) is 8.32. The van der Waals surface area contributed by atoms with Crippen molar-refractivity contribution in [1.29, 1.82) is 0 Å². The fraction of sp³-hybridized carbons (Fsp3) is 0.333. The average Bonchev–Trinajstić information content (AvgIpc) is 3.26. The van der Waals surface area contributed by atoms with Gasteiger partial charge in [-0.2, -0.15) is 0 Å². The molecule has 1 saturated carbocycles. The van der Waals surface area contributed by atoms with Crippen molar-refractivity contribution in [2.75, 3.05) is 0 Å². The van der Waals surface area contributed by atoms with Crippen molar-refractivity contribution in [1.82, 2.24) is 5.32 Å². The van der Waals surface area contributed by atoms with Crippen molar-refractivity contribution >= 4 is 11.8 Å². The van der Waals surface area contributed by atoms with E-state index in [2.05, 4.69) is 66.0 Å². The molecule has 0 radical (unpaired) electrons. The first-order valence-electron chi connectivity index (χ1n) is 7.44. The van der Waals surface area contributed by atoms with Gasteiger partial charge in [0, 0.05) is 16.2 Å². The van der Waals surface area contributed by atoms with Gasteiger partial charge < -0.3 is 5.32 Å². The quantitative estimate of drug-likeness (QED) is 0.852. The van der Waals surface area contributed by atoms with Gasteiger partial charge in [0.15, 0.2) is 0 Å². The maximum absolute atomic E-state index is 3.81. The van der Waals surface area contributed by atoms with Gasteiger partial charge in [0.2, 0.25) is 0 Å². The highest BCUT2D eigenvalue weighted by Crippen LogP contribution is 2.54. The summed E-state index contributed by atoms with van der Waals surface area (Å²) in [5.74, 6) is 0. The topological polar surface area (TPSA) is 21.9 Å². The Bertz CT molecular complexity index is 583. The van der Waals surface area contributed by atoms with Gasteiger partial charge in [-0.1, -0.05) is 55.0 Å². The Labute approximate surface area is 124 Å². The van der Waals surface area contributed by atoms with E-state index in [1.54, 1.807) is 0 Å². The van der Waals surface area contributed by atoms with Crippen LogP contribution in [0.3, 0.4) is 0 Å². The Morgan fingerprint density at radius 2 is 1.60 bits per heavy atom. The van der Waals surface area contributed by atoms with Gasteiger partial charge in [-0.25, -0.2) is 0 Å². The van der Waals surface area contributed by atoms with Crippen LogP contribution in [0.15, 0.2) is 65.6 Å². The molecule has 20 heavy (non-hydrogen) atoms. The predicted molar refractivity (Wildman–Crippen MR) is 85.0 cm³/mol. The molecule has 2 aromatic rings. The molecule has 0 amide bonds. The fourth-order valence-corrected chi connectivity index (χ4v) is 5.08. The van der Waals surface area contributed by atoms with E-state index in [-0.39, 0.29) is 5.54 Å². The van der Waals surface area contributed by atoms with Crippen LogP contribution >= 0.6 is 11.8 Å². The van der Waals surface area contributed by atoms with Crippen LogP contribution in [-0.2, 0) is 5.54 Å². The number of nitrogens with one attached hydrogen (secondary N) is 1.